The van der Waals surface area contributed by atoms with Crippen LogP contribution in [0.15, 0.2) is 47.4 Å². The maximum Gasteiger partial charge on any atom is 0.237 e. The Balaban J connectivity index is 1.62. The van der Waals surface area contributed by atoms with Gasteiger partial charge in [-0.2, -0.15) is 0 Å². The van der Waals surface area contributed by atoms with Gasteiger partial charge < -0.3 is 14.8 Å². The lowest BCUT2D eigenvalue weighted by Gasteiger charge is -2.12. The van der Waals surface area contributed by atoms with Crippen LogP contribution in [0.5, 0.6) is 11.5 Å². The van der Waals surface area contributed by atoms with E-state index in [9.17, 15) is 9.18 Å². The van der Waals surface area contributed by atoms with E-state index in [1.165, 1.54) is 23.9 Å². The summed E-state index contributed by atoms with van der Waals surface area (Å²) in [4.78, 5) is 13.0. The Hall–Kier alpha value is -2.21. The van der Waals surface area contributed by atoms with Gasteiger partial charge in [-0.3, -0.25) is 4.79 Å². The zero-order chi connectivity index (χ0) is 15.5. The van der Waals surface area contributed by atoms with Gasteiger partial charge in [-0.05, 0) is 43.3 Å². The second-order valence-electron chi connectivity index (χ2n) is 4.77. The first-order valence-corrected chi connectivity index (χ1v) is 7.62. The molecule has 6 heteroatoms. The average molecular weight is 319 g/mol. The predicted molar refractivity (Wildman–Crippen MR) is 82.9 cm³/mol. The van der Waals surface area contributed by atoms with Crippen molar-refractivity contribution in [3.63, 3.8) is 0 Å². The van der Waals surface area contributed by atoms with Gasteiger partial charge in [-0.1, -0.05) is 0 Å². The highest BCUT2D eigenvalue weighted by Gasteiger charge is 2.17. The fourth-order valence-corrected chi connectivity index (χ4v) is 2.86. The smallest absolute Gasteiger partial charge is 0.237 e. The monoisotopic (exact) mass is 319 g/mol. The molecular weight excluding hydrogens is 305 g/mol. The average Bonchev–Trinajstić information content (AvgIpc) is 2.97. The SMILES string of the molecule is C[C@@H](Sc1ccc(F)cc1)C(=O)Nc1ccc2c(c1)OCO2. The number of anilines is 1. The molecule has 114 valence electrons. The summed E-state index contributed by atoms with van der Waals surface area (Å²) < 4.78 is 23.4. The molecule has 4 nitrogen and oxygen atoms in total. The fourth-order valence-electron chi connectivity index (χ4n) is 1.99. The van der Waals surface area contributed by atoms with Gasteiger partial charge >= 0.3 is 0 Å². The zero-order valence-electron chi connectivity index (χ0n) is 11.8. The second-order valence-corrected chi connectivity index (χ2v) is 6.19. The minimum absolute atomic E-state index is 0.131. The maximum atomic E-state index is 12.9. The Morgan fingerprint density at radius 1 is 1.18 bits per heavy atom. The summed E-state index contributed by atoms with van der Waals surface area (Å²) in [6.45, 7) is 2.00. The minimum atomic E-state index is -0.309. The number of thioether (sulfide) groups is 1. The molecule has 1 aliphatic rings. The minimum Gasteiger partial charge on any atom is -0.454 e. The number of halogens is 1. The number of ether oxygens (including phenoxy) is 2. The Morgan fingerprint density at radius 2 is 1.91 bits per heavy atom. The normalized spacial score (nSPS) is 13.7. The number of carbonyl (C=O) groups is 1. The van der Waals surface area contributed by atoms with Crippen molar-refractivity contribution < 1.29 is 18.7 Å². The molecule has 1 N–H and O–H groups in total. The lowest BCUT2D eigenvalue weighted by atomic mass is 10.2. The van der Waals surface area contributed by atoms with Crippen molar-refractivity contribution >= 4 is 23.4 Å². The zero-order valence-corrected chi connectivity index (χ0v) is 12.7. The lowest BCUT2D eigenvalue weighted by molar-refractivity contribution is -0.115. The molecule has 0 unspecified atom stereocenters. The third kappa shape index (κ3) is 3.33. The van der Waals surface area contributed by atoms with Crippen LogP contribution in [0.4, 0.5) is 10.1 Å². The van der Waals surface area contributed by atoms with Crippen LogP contribution < -0.4 is 14.8 Å². The van der Waals surface area contributed by atoms with Crippen LogP contribution in [0.3, 0.4) is 0 Å². The van der Waals surface area contributed by atoms with Gasteiger partial charge in [0, 0.05) is 16.6 Å². The molecule has 1 amide bonds. The number of hydrogen-bond donors (Lipinski definition) is 1. The summed E-state index contributed by atoms with van der Waals surface area (Å²) in [6, 6.07) is 11.3. The van der Waals surface area contributed by atoms with Gasteiger partial charge in [-0.15, -0.1) is 11.8 Å². The molecule has 22 heavy (non-hydrogen) atoms. The summed E-state index contributed by atoms with van der Waals surface area (Å²) in [7, 11) is 0. The first-order valence-electron chi connectivity index (χ1n) is 6.74. The molecule has 1 atom stereocenters. The summed E-state index contributed by atoms with van der Waals surface area (Å²) in [5, 5.41) is 2.52. The number of hydrogen-bond acceptors (Lipinski definition) is 4. The molecule has 0 spiro atoms. The summed E-state index contributed by atoms with van der Waals surface area (Å²) >= 11 is 1.37. The van der Waals surface area contributed by atoms with Crippen LogP contribution in [0.25, 0.3) is 0 Å². The topological polar surface area (TPSA) is 47.6 Å². The largest absolute Gasteiger partial charge is 0.454 e. The van der Waals surface area contributed by atoms with Gasteiger partial charge in [0.2, 0.25) is 12.7 Å². The Kier molecular flexibility index (Phi) is 4.20. The highest BCUT2D eigenvalue weighted by Crippen LogP contribution is 2.34. The molecule has 1 aliphatic heterocycles. The molecule has 3 rings (SSSR count). The molecule has 0 aliphatic carbocycles. The van der Waals surface area contributed by atoms with Crippen molar-refractivity contribution in [2.24, 2.45) is 0 Å². The van der Waals surface area contributed by atoms with Crippen LogP contribution >= 0.6 is 11.8 Å². The van der Waals surface area contributed by atoms with E-state index in [0.717, 1.165) is 4.90 Å². The molecular formula is C16H14FNO3S. The first-order chi connectivity index (χ1) is 10.6. The first kappa shape index (κ1) is 14.7. The van der Waals surface area contributed by atoms with E-state index < -0.39 is 0 Å². The number of nitrogens with one attached hydrogen (secondary N) is 1. The van der Waals surface area contributed by atoms with Gasteiger partial charge in [0.15, 0.2) is 11.5 Å². The number of amides is 1. The van der Waals surface area contributed by atoms with Gasteiger partial charge in [0.1, 0.15) is 5.82 Å². The molecule has 2 aromatic rings. The van der Waals surface area contributed by atoms with Crippen molar-refractivity contribution in [2.45, 2.75) is 17.1 Å². The summed E-state index contributed by atoms with van der Waals surface area (Å²) in [5.41, 5.74) is 0.654. The molecule has 0 saturated carbocycles. The van der Waals surface area contributed by atoms with Crippen LogP contribution in [0.2, 0.25) is 0 Å². The summed E-state index contributed by atoms with van der Waals surface area (Å²) in [5.74, 6) is 0.874. The number of fused-ring (bicyclic) bond motifs is 1. The van der Waals surface area contributed by atoms with Crippen LogP contribution in [-0.2, 0) is 4.79 Å². The van der Waals surface area contributed by atoms with E-state index in [-0.39, 0.29) is 23.8 Å². The van der Waals surface area contributed by atoms with Crippen molar-refractivity contribution in [3.8, 4) is 11.5 Å². The van der Waals surface area contributed by atoms with Crippen LogP contribution in [0.1, 0.15) is 6.92 Å². The molecule has 0 fully saturated rings. The third-order valence-corrected chi connectivity index (χ3v) is 4.25. The molecule has 1 heterocycles. The standard InChI is InChI=1S/C16H14FNO3S/c1-10(22-13-5-2-11(17)3-6-13)16(19)18-12-4-7-14-15(8-12)21-9-20-14/h2-8,10H,9H2,1H3,(H,18,19)/t10-/m1/s1. The van der Waals surface area contributed by atoms with Gasteiger partial charge in [0.25, 0.3) is 0 Å². The van der Waals surface area contributed by atoms with Crippen LogP contribution in [0, 0.1) is 5.82 Å². The third-order valence-electron chi connectivity index (χ3n) is 3.14. The predicted octanol–water partition coefficient (Wildman–Crippen LogP) is 3.67. The maximum absolute atomic E-state index is 12.9. The van der Waals surface area contributed by atoms with Gasteiger partial charge in [0.05, 0.1) is 5.25 Å². The summed E-state index contributed by atoms with van der Waals surface area (Å²) in [6.07, 6.45) is 0. The van der Waals surface area contributed by atoms with Crippen molar-refractivity contribution in [2.75, 3.05) is 12.1 Å². The highest BCUT2D eigenvalue weighted by molar-refractivity contribution is 8.00. The Labute approximate surface area is 131 Å². The van der Waals surface area contributed by atoms with Crippen molar-refractivity contribution in [1.29, 1.82) is 0 Å². The van der Waals surface area contributed by atoms with E-state index in [1.54, 1.807) is 37.3 Å². The number of benzene rings is 2. The van der Waals surface area contributed by atoms with Gasteiger partial charge in [-0.25, -0.2) is 4.39 Å². The van der Waals surface area contributed by atoms with E-state index in [2.05, 4.69) is 5.32 Å². The molecule has 0 bridgehead atoms. The Morgan fingerprint density at radius 3 is 2.68 bits per heavy atom. The highest BCUT2D eigenvalue weighted by atomic mass is 32.2. The molecule has 0 saturated heterocycles. The van der Waals surface area contributed by atoms with Crippen molar-refractivity contribution in [3.05, 3.63) is 48.3 Å². The Bertz CT molecular complexity index is 690. The molecule has 0 radical (unpaired) electrons. The van der Waals surface area contributed by atoms with E-state index in [1.807, 2.05) is 0 Å². The van der Waals surface area contributed by atoms with E-state index >= 15 is 0 Å². The van der Waals surface area contributed by atoms with Crippen molar-refractivity contribution in [1.82, 2.24) is 0 Å². The lowest BCUT2D eigenvalue weighted by Crippen LogP contribution is -2.22. The quantitative estimate of drug-likeness (QED) is 0.874. The fraction of sp³-hybridized carbons (Fsp3) is 0.188. The second kappa shape index (κ2) is 6.27. The number of rotatable bonds is 4. The molecule has 2 aromatic carbocycles. The number of carbonyl (C=O) groups excluding carboxylic acids is 1. The molecule has 0 aromatic heterocycles. The van der Waals surface area contributed by atoms with Crippen LogP contribution in [-0.4, -0.2) is 18.0 Å². The van der Waals surface area contributed by atoms with E-state index in [4.69, 9.17) is 9.47 Å². The van der Waals surface area contributed by atoms with E-state index in [0.29, 0.717) is 17.2 Å².